The van der Waals surface area contributed by atoms with Crippen LogP contribution in [0.25, 0.3) is 23.0 Å². The summed E-state index contributed by atoms with van der Waals surface area (Å²) in [4.78, 5) is 12.5. The second-order valence-electron chi connectivity index (χ2n) is 8.02. The molecular weight excluding hydrogens is 512 g/mol. The van der Waals surface area contributed by atoms with E-state index in [9.17, 15) is 31.1 Å². The number of para-hydroxylation sites is 1. The second kappa shape index (κ2) is 10.4. The molecule has 4 aromatic rings. The summed E-state index contributed by atoms with van der Waals surface area (Å²) >= 11 is 0. The van der Waals surface area contributed by atoms with Crippen LogP contribution < -0.4 is 10.1 Å². The van der Waals surface area contributed by atoms with Gasteiger partial charge in [-0.25, -0.2) is 4.68 Å². The summed E-state index contributed by atoms with van der Waals surface area (Å²) in [5.74, 6) is -0.214. The molecule has 0 radical (unpaired) electrons. The molecule has 0 aliphatic carbocycles. The van der Waals surface area contributed by atoms with Crippen LogP contribution in [0.3, 0.4) is 0 Å². The molecule has 0 unspecified atom stereocenters. The lowest BCUT2D eigenvalue weighted by molar-refractivity contribution is -0.162. The Kier molecular flexibility index (Phi) is 7.29. The van der Waals surface area contributed by atoms with Crippen molar-refractivity contribution in [1.29, 1.82) is 0 Å². The maximum Gasteiger partial charge on any atom is 0.417 e. The summed E-state index contributed by atoms with van der Waals surface area (Å²) in [7, 11) is 1.53. The van der Waals surface area contributed by atoms with E-state index >= 15 is 0 Å². The predicted molar refractivity (Wildman–Crippen MR) is 130 cm³/mol. The molecule has 0 saturated carbocycles. The Hall–Kier alpha value is -4.54. The number of benzene rings is 3. The number of hydrogen-bond acceptors (Lipinski definition) is 3. The first kappa shape index (κ1) is 26.5. The number of carbonyl (C=O) groups is 1. The number of carbonyl (C=O) groups excluding carboxylic acids is 1. The van der Waals surface area contributed by atoms with E-state index in [1.165, 1.54) is 13.2 Å². The second-order valence-corrected chi connectivity index (χ2v) is 8.02. The van der Waals surface area contributed by atoms with Crippen LogP contribution in [0.4, 0.5) is 32.0 Å². The molecule has 1 amide bonds. The molecule has 0 spiro atoms. The van der Waals surface area contributed by atoms with Crippen molar-refractivity contribution < 1.29 is 35.9 Å². The Morgan fingerprint density at radius 1 is 0.895 bits per heavy atom. The number of rotatable bonds is 6. The average Bonchev–Trinajstić information content (AvgIpc) is 3.31. The number of ether oxygens (including phenoxy) is 1. The fourth-order valence-corrected chi connectivity index (χ4v) is 3.65. The Bertz CT molecular complexity index is 1460. The molecule has 5 nitrogen and oxygen atoms in total. The van der Waals surface area contributed by atoms with E-state index in [2.05, 4.69) is 10.4 Å². The van der Waals surface area contributed by atoms with Crippen LogP contribution in [0.5, 0.6) is 5.75 Å². The smallest absolute Gasteiger partial charge is 0.417 e. The van der Waals surface area contributed by atoms with Crippen molar-refractivity contribution in [2.75, 3.05) is 12.4 Å². The van der Waals surface area contributed by atoms with Crippen LogP contribution >= 0.6 is 0 Å². The molecule has 3 aromatic carbocycles. The van der Waals surface area contributed by atoms with Gasteiger partial charge in [0.25, 0.3) is 0 Å². The van der Waals surface area contributed by atoms with E-state index in [1.54, 1.807) is 35.1 Å². The summed E-state index contributed by atoms with van der Waals surface area (Å²) in [6, 6.07) is 17.5. The first-order valence-corrected chi connectivity index (χ1v) is 11.0. The van der Waals surface area contributed by atoms with Crippen molar-refractivity contribution in [1.82, 2.24) is 9.78 Å². The number of methoxy groups -OCH3 is 1. The van der Waals surface area contributed by atoms with Crippen LogP contribution in [-0.2, 0) is 17.1 Å². The summed E-state index contributed by atoms with van der Waals surface area (Å²) in [5.41, 5.74) is -1.69. The summed E-state index contributed by atoms with van der Waals surface area (Å²) < 4.78 is 85.5. The highest BCUT2D eigenvalue weighted by Crippen LogP contribution is 2.41. The Labute approximate surface area is 213 Å². The highest BCUT2D eigenvalue weighted by Gasteiger charge is 2.43. The van der Waals surface area contributed by atoms with E-state index in [0.29, 0.717) is 22.6 Å². The third-order valence-corrected chi connectivity index (χ3v) is 5.44. The van der Waals surface area contributed by atoms with E-state index in [0.717, 1.165) is 17.8 Å². The van der Waals surface area contributed by atoms with Crippen molar-refractivity contribution in [3.8, 4) is 22.7 Å². The van der Waals surface area contributed by atoms with Gasteiger partial charge >= 0.3 is 12.4 Å². The molecule has 0 aliphatic heterocycles. The number of anilines is 1. The fraction of sp³-hybridized carbons (Fsp3) is 0.111. The number of hydrogen-bond donors (Lipinski definition) is 1. The van der Waals surface area contributed by atoms with Crippen LogP contribution in [0.1, 0.15) is 16.7 Å². The summed E-state index contributed by atoms with van der Waals surface area (Å²) in [6.45, 7) is 0. The van der Waals surface area contributed by atoms with Gasteiger partial charge in [-0.1, -0.05) is 18.2 Å². The van der Waals surface area contributed by atoms with Gasteiger partial charge in [-0.15, -0.1) is 0 Å². The standard InChI is InChI=1S/C27H19F6N3O2/c1-38-21-11-7-17(8-12-21)25-18(16-36(35-25)20-5-3-2-4-6-20)9-14-24(37)34-19-10-13-22(26(28,29)30)23(15-19)27(31,32)33/h2-16H,1H3,(H,34,37)/b14-9+. The van der Waals surface area contributed by atoms with Crippen LogP contribution in [0.15, 0.2) is 85.1 Å². The van der Waals surface area contributed by atoms with Crippen LogP contribution in [-0.4, -0.2) is 22.8 Å². The van der Waals surface area contributed by atoms with Gasteiger partial charge in [-0.3, -0.25) is 4.79 Å². The van der Waals surface area contributed by atoms with Gasteiger partial charge in [0.2, 0.25) is 5.91 Å². The SMILES string of the molecule is COc1ccc(-c2nn(-c3ccccc3)cc2/C=C/C(=O)Nc2ccc(C(F)(F)F)c(C(F)(F)F)c2)cc1. The monoisotopic (exact) mass is 531 g/mol. The van der Waals surface area contributed by atoms with Gasteiger partial charge < -0.3 is 10.1 Å². The van der Waals surface area contributed by atoms with Gasteiger partial charge in [0.05, 0.1) is 29.6 Å². The molecule has 4 rings (SSSR count). The van der Waals surface area contributed by atoms with Crippen molar-refractivity contribution in [3.05, 3.63) is 102 Å². The minimum absolute atomic E-state index is 0.255. The zero-order valence-corrected chi connectivity index (χ0v) is 19.6. The number of nitrogens with zero attached hydrogens (tertiary/aromatic N) is 2. The topological polar surface area (TPSA) is 56.2 Å². The Balaban J connectivity index is 1.63. The van der Waals surface area contributed by atoms with Crippen molar-refractivity contribution in [3.63, 3.8) is 0 Å². The number of aromatic nitrogens is 2. The largest absolute Gasteiger partial charge is 0.497 e. The molecule has 0 bridgehead atoms. The molecule has 1 N–H and O–H groups in total. The van der Waals surface area contributed by atoms with E-state index in [-0.39, 0.29) is 12.1 Å². The minimum Gasteiger partial charge on any atom is -0.497 e. The van der Waals surface area contributed by atoms with Crippen molar-refractivity contribution >= 4 is 17.7 Å². The molecule has 0 saturated heterocycles. The number of amides is 1. The molecule has 38 heavy (non-hydrogen) atoms. The highest BCUT2D eigenvalue weighted by molar-refractivity contribution is 6.02. The summed E-state index contributed by atoms with van der Waals surface area (Å²) in [5, 5.41) is 6.78. The maximum atomic E-state index is 13.2. The Morgan fingerprint density at radius 2 is 1.55 bits per heavy atom. The molecule has 0 aliphatic rings. The van der Waals surface area contributed by atoms with Gasteiger partial charge in [-0.05, 0) is 60.7 Å². The van der Waals surface area contributed by atoms with E-state index in [1.807, 2.05) is 30.3 Å². The molecular formula is C27H19F6N3O2. The van der Waals surface area contributed by atoms with Crippen LogP contribution in [0.2, 0.25) is 0 Å². The number of halogens is 6. The van der Waals surface area contributed by atoms with Gasteiger partial charge in [0.1, 0.15) is 5.75 Å². The molecule has 1 aromatic heterocycles. The fourth-order valence-electron chi connectivity index (χ4n) is 3.65. The Morgan fingerprint density at radius 3 is 2.16 bits per heavy atom. The van der Waals surface area contributed by atoms with Crippen molar-refractivity contribution in [2.45, 2.75) is 12.4 Å². The predicted octanol–water partition coefficient (Wildman–Crippen LogP) is 7.24. The lowest BCUT2D eigenvalue weighted by Crippen LogP contribution is -2.17. The van der Waals surface area contributed by atoms with E-state index in [4.69, 9.17) is 4.74 Å². The van der Waals surface area contributed by atoms with Crippen molar-refractivity contribution in [2.24, 2.45) is 0 Å². The van der Waals surface area contributed by atoms with Gasteiger partial charge in [-0.2, -0.15) is 31.4 Å². The first-order chi connectivity index (χ1) is 18.0. The van der Waals surface area contributed by atoms with Crippen LogP contribution in [0, 0.1) is 0 Å². The zero-order chi connectivity index (χ0) is 27.5. The average molecular weight is 531 g/mol. The molecule has 0 atom stereocenters. The highest BCUT2D eigenvalue weighted by atomic mass is 19.4. The number of nitrogens with one attached hydrogen (secondary N) is 1. The minimum atomic E-state index is -5.26. The lowest BCUT2D eigenvalue weighted by atomic mass is 10.1. The third kappa shape index (κ3) is 6.05. The third-order valence-electron chi connectivity index (χ3n) is 5.44. The molecule has 1 heterocycles. The summed E-state index contributed by atoms with van der Waals surface area (Å²) in [6.07, 6.45) is -6.33. The molecule has 11 heteroatoms. The van der Waals surface area contributed by atoms with Gasteiger partial charge in [0.15, 0.2) is 0 Å². The normalized spacial score (nSPS) is 12.1. The molecule has 196 valence electrons. The van der Waals surface area contributed by atoms with E-state index < -0.39 is 35.1 Å². The quantitative estimate of drug-likeness (QED) is 0.211. The molecule has 0 fully saturated rings. The van der Waals surface area contributed by atoms with Gasteiger partial charge in [0, 0.05) is 29.1 Å². The zero-order valence-electron chi connectivity index (χ0n) is 19.6. The lowest BCUT2D eigenvalue weighted by Gasteiger charge is -2.16. The maximum absolute atomic E-state index is 13.2. The number of alkyl halides is 6. The first-order valence-electron chi connectivity index (χ1n) is 11.0.